The van der Waals surface area contributed by atoms with Crippen LogP contribution in [-0.4, -0.2) is 0 Å². The van der Waals surface area contributed by atoms with Gasteiger partial charge < -0.3 is 0 Å². The molecule has 0 nitrogen and oxygen atoms in total. The molecular formula is C21H36. The molecule has 1 rings (SSSR count). The molecule has 0 aliphatic carbocycles. The van der Waals surface area contributed by atoms with Crippen LogP contribution in [0.15, 0.2) is 47.6 Å². The van der Waals surface area contributed by atoms with Crippen LogP contribution in [0.5, 0.6) is 0 Å². The molecule has 0 radical (unpaired) electrons. The third-order valence-corrected chi connectivity index (χ3v) is 2.74. The third-order valence-electron chi connectivity index (χ3n) is 2.74. The number of hydrogen-bond donors (Lipinski definition) is 0. The van der Waals surface area contributed by atoms with E-state index >= 15 is 0 Å². The lowest BCUT2D eigenvalue weighted by Crippen LogP contribution is -2.21. The Labute approximate surface area is 133 Å². The normalized spacial score (nSPS) is 11.5. The number of rotatable bonds is 3. The van der Waals surface area contributed by atoms with E-state index in [0.717, 1.165) is 11.6 Å². The summed E-state index contributed by atoms with van der Waals surface area (Å²) >= 11 is 0. The Bertz CT molecular complexity index is 501. The lowest BCUT2D eigenvalue weighted by atomic mass is 10.0. The topological polar surface area (TPSA) is 0 Å². The maximum atomic E-state index is 4.04. The quantitative estimate of drug-likeness (QED) is 0.610. The van der Waals surface area contributed by atoms with Crippen LogP contribution in [-0.2, 0) is 0 Å². The first-order valence-electron chi connectivity index (χ1n) is 7.77. The van der Waals surface area contributed by atoms with Crippen molar-refractivity contribution in [3.63, 3.8) is 0 Å². The van der Waals surface area contributed by atoms with Crippen LogP contribution in [0.25, 0.3) is 12.7 Å². The zero-order valence-electron chi connectivity index (χ0n) is 14.5. The highest BCUT2D eigenvalue weighted by molar-refractivity contribution is 5.55. The highest BCUT2D eigenvalue weighted by Gasteiger charge is 1.93. The largest absolute Gasteiger partial charge is 0.0912 e. The van der Waals surface area contributed by atoms with Gasteiger partial charge in [0.25, 0.3) is 0 Å². The molecule has 0 unspecified atom stereocenters. The van der Waals surface area contributed by atoms with Crippen LogP contribution in [0.1, 0.15) is 62.3 Å². The van der Waals surface area contributed by atoms with Crippen LogP contribution in [0.4, 0.5) is 0 Å². The van der Waals surface area contributed by atoms with Gasteiger partial charge in [0.05, 0.1) is 0 Å². The summed E-state index contributed by atoms with van der Waals surface area (Å²) in [5, 5.41) is 2.27. The first-order chi connectivity index (χ1) is 9.69. The number of allylic oxidation sites excluding steroid dienone is 4. The van der Waals surface area contributed by atoms with Gasteiger partial charge in [-0.15, -0.1) is 0 Å². The van der Waals surface area contributed by atoms with Crippen molar-refractivity contribution in [1.82, 2.24) is 0 Å². The molecule has 0 amide bonds. The number of benzene rings is 1. The first kappa shape index (κ1) is 24.5. The molecule has 0 bridgehead atoms. The Balaban J connectivity index is -0.000000595. The van der Waals surface area contributed by atoms with Gasteiger partial charge in [-0.2, -0.15) is 0 Å². The van der Waals surface area contributed by atoms with Crippen molar-refractivity contribution in [3.8, 4) is 0 Å². The molecule has 0 heteroatoms. The fourth-order valence-corrected chi connectivity index (χ4v) is 1.54. The minimum Gasteiger partial charge on any atom is -0.0912 e. The third kappa shape index (κ3) is 9.90. The van der Waals surface area contributed by atoms with Crippen molar-refractivity contribution in [1.29, 1.82) is 0 Å². The first-order valence-corrected chi connectivity index (χ1v) is 7.77. The van der Waals surface area contributed by atoms with Crippen molar-refractivity contribution in [2.75, 3.05) is 0 Å². The Kier molecular flexibility index (Phi) is 19.2. The van der Waals surface area contributed by atoms with E-state index in [1.165, 1.54) is 16.4 Å². The molecule has 120 valence electrons. The average molecular weight is 289 g/mol. The van der Waals surface area contributed by atoms with Crippen molar-refractivity contribution in [2.24, 2.45) is 0 Å². The predicted molar refractivity (Wildman–Crippen MR) is 103 cm³/mol. The smallest absolute Gasteiger partial charge is 0.0184 e. The molecule has 1 aromatic carbocycles. The van der Waals surface area contributed by atoms with Crippen molar-refractivity contribution in [2.45, 2.75) is 62.3 Å². The van der Waals surface area contributed by atoms with E-state index < -0.39 is 0 Å². The lowest BCUT2D eigenvalue weighted by molar-refractivity contribution is 1.09. The molecule has 0 N–H and O–H groups in total. The monoisotopic (exact) mass is 288 g/mol. The second kappa shape index (κ2) is 16.5. The van der Waals surface area contributed by atoms with E-state index in [9.17, 15) is 0 Å². The van der Waals surface area contributed by atoms with Crippen molar-refractivity contribution >= 4 is 12.7 Å². The Morgan fingerprint density at radius 1 is 1.10 bits per heavy atom. The molecular weight excluding hydrogens is 252 g/mol. The summed E-state index contributed by atoms with van der Waals surface area (Å²) in [7, 11) is 0. The summed E-state index contributed by atoms with van der Waals surface area (Å²) in [6.07, 6.45) is 7.53. The van der Waals surface area contributed by atoms with E-state index in [1.807, 2.05) is 46.8 Å². The minimum atomic E-state index is 0. The molecule has 0 spiro atoms. The lowest BCUT2D eigenvalue weighted by Gasteiger charge is -2.01. The molecule has 0 aromatic heterocycles. The Morgan fingerprint density at radius 3 is 2.05 bits per heavy atom. The van der Waals surface area contributed by atoms with Crippen LogP contribution in [0, 0.1) is 0 Å². The highest BCUT2D eigenvalue weighted by Crippen LogP contribution is 2.10. The van der Waals surface area contributed by atoms with Crippen molar-refractivity contribution in [3.05, 3.63) is 58.0 Å². The summed E-state index contributed by atoms with van der Waals surface area (Å²) in [4.78, 5) is 0. The zero-order valence-corrected chi connectivity index (χ0v) is 14.5. The van der Waals surface area contributed by atoms with E-state index in [2.05, 4.69) is 50.8 Å². The average Bonchev–Trinajstić information content (AvgIpc) is 2.52. The molecule has 0 fully saturated rings. The van der Waals surface area contributed by atoms with Crippen LogP contribution >= 0.6 is 0 Å². The molecule has 0 heterocycles. The van der Waals surface area contributed by atoms with Gasteiger partial charge in [0.2, 0.25) is 0 Å². The molecule has 0 saturated carbocycles. The van der Waals surface area contributed by atoms with Gasteiger partial charge in [0.1, 0.15) is 0 Å². The zero-order chi connectivity index (χ0) is 16.0. The maximum absolute atomic E-state index is 4.04. The van der Waals surface area contributed by atoms with Gasteiger partial charge in [-0.1, -0.05) is 90.6 Å². The van der Waals surface area contributed by atoms with Crippen LogP contribution in [0.2, 0.25) is 0 Å². The Hall–Kier alpha value is -1.56. The summed E-state index contributed by atoms with van der Waals surface area (Å²) in [5.41, 5.74) is 2.70. The van der Waals surface area contributed by atoms with Gasteiger partial charge in [-0.3, -0.25) is 0 Å². The molecule has 0 saturated heterocycles. The van der Waals surface area contributed by atoms with Crippen LogP contribution in [0.3, 0.4) is 0 Å². The van der Waals surface area contributed by atoms with Gasteiger partial charge in [0.15, 0.2) is 0 Å². The van der Waals surface area contributed by atoms with Gasteiger partial charge >= 0.3 is 0 Å². The summed E-state index contributed by atoms with van der Waals surface area (Å²) in [6, 6.07) is 8.22. The predicted octanol–water partition coefficient (Wildman–Crippen LogP) is 5.87. The maximum Gasteiger partial charge on any atom is -0.0184 e. The van der Waals surface area contributed by atoms with E-state index in [1.54, 1.807) is 0 Å². The van der Waals surface area contributed by atoms with E-state index in [-0.39, 0.29) is 7.43 Å². The van der Waals surface area contributed by atoms with E-state index in [4.69, 9.17) is 0 Å². The molecule has 21 heavy (non-hydrogen) atoms. The molecule has 0 aliphatic heterocycles. The minimum absolute atomic E-state index is 0. The van der Waals surface area contributed by atoms with Gasteiger partial charge in [-0.05, 0) is 42.4 Å². The molecule has 1 aromatic rings. The number of hydrogen-bond acceptors (Lipinski definition) is 0. The Morgan fingerprint density at radius 2 is 1.62 bits per heavy atom. The fourth-order valence-electron chi connectivity index (χ4n) is 1.54. The SMILES string of the molecule is C.C=c1cccc/c1=C/C(/C=C\C)=C(/C)CC.CC.CC. The van der Waals surface area contributed by atoms with Gasteiger partial charge in [0, 0.05) is 0 Å². The summed E-state index contributed by atoms with van der Waals surface area (Å²) in [6.45, 7) is 18.5. The second-order valence-electron chi connectivity index (χ2n) is 3.93. The standard InChI is InChI=1S/C16H20.2C2H6.CH4/c1-5-9-15(13(3)6-2)12-16-11-8-7-10-14(16)4;2*1-2;/h5,7-12H,4,6H2,1-3H3;2*1-2H3;1H4/b9-5-,15-13-,16-12-;;;. The fraction of sp³-hybridized carbons (Fsp3) is 0.429. The van der Waals surface area contributed by atoms with Crippen LogP contribution < -0.4 is 10.4 Å². The summed E-state index contributed by atoms with van der Waals surface area (Å²) < 4.78 is 0. The second-order valence-corrected chi connectivity index (χ2v) is 3.93. The van der Waals surface area contributed by atoms with E-state index in [0.29, 0.717) is 0 Å². The molecule has 0 atom stereocenters. The molecule has 0 aliphatic rings. The highest BCUT2D eigenvalue weighted by atomic mass is 14.0. The summed E-state index contributed by atoms with van der Waals surface area (Å²) in [5.74, 6) is 0. The van der Waals surface area contributed by atoms with Gasteiger partial charge in [-0.25, -0.2) is 0 Å². The van der Waals surface area contributed by atoms with Crippen molar-refractivity contribution < 1.29 is 0 Å².